The van der Waals surface area contributed by atoms with Gasteiger partial charge in [0.15, 0.2) is 5.13 Å². The summed E-state index contributed by atoms with van der Waals surface area (Å²) in [5.41, 5.74) is 5.59. The number of thiazole rings is 1. The van der Waals surface area contributed by atoms with Crippen molar-refractivity contribution in [2.24, 2.45) is 17.0 Å². The fraction of sp³-hybridized carbons (Fsp3) is 0.583. The monoisotopic (exact) mass is 281 g/mol. The zero-order valence-electron chi connectivity index (χ0n) is 10.3. The van der Waals surface area contributed by atoms with Crippen LogP contribution in [0.3, 0.4) is 0 Å². The predicted octanol–water partition coefficient (Wildman–Crippen LogP) is 1.72. The summed E-state index contributed by atoms with van der Waals surface area (Å²) >= 11 is 1.19. The van der Waals surface area contributed by atoms with Crippen LogP contribution in [0.4, 0.5) is 5.13 Å². The number of rotatable bonds is 4. The Balaban J connectivity index is 1.73. The number of nitrogens with zero attached hydrogens (tertiary/aromatic N) is 2. The molecular weight excluding hydrogens is 266 g/mol. The van der Waals surface area contributed by atoms with Gasteiger partial charge in [-0.1, -0.05) is 5.16 Å². The molecule has 0 aromatic carbocycles. The zero-order chi connectivity index (χ0) is 13.4. The quantitative estimate of drug-likeness (QED) is 0.647. The van der Waals surface area contributed by atoms with E-state index >= 15 is 0 Å². The van der Waals surface area contributed by atoms with Gasteiger partial charge in [-0.25, -0.2) is 9.78 Å². The van der Waals surface area contributed by atoms with Crippen LogP contribution < -0.4 is 5.73 Å². The summed E-state index contributed by atoms with van der Waals surface area (Å²) in [5, 5.41) is 14.9. The number of fused-ring (bicyclic) bond motifs is 2. The second-order valence-corrected chi connectivity index (χ2v) is 6.02. The van der Waals surface area contributed by atoms with E-state index in [0.29, 0.717) is 11.0 Å². The number of aliphatic carboxylic acids is 1. The number of carboxylic acid groups (broad SMARTS) is 1. The molecule has 1 heterocycles. The van der Waals surface area contributed by atoms with Crippen molar-refractivity contribution in [1.29, 1.82) is 0 Å². The summed E-state index contributed by atoms with van der Waals surface area (Å²) in [6, 6.07) is 0. The second kappa shape index (κ2) is 4.80. The Bertz CT molecular complexity index is 528. The molecule has 3 unspecified atom stereocenters. The van der Waals surface area contributed by atoms with Crippen molar-refractivity contribution in [3.8, 4) is 0 Å². The van der Waals surface area contributed by atoms with Gasteiger partial charge in [0.1, 0.15) is 11.8 Å². The number of anilines is 1. The molecule has 0 radical (unpaired) electrons. The van der Waals surface area contributed by atoms with Gasteiger partial charge in [-0.2, -0.15) is 0 Å². The van der Waals surface area contributed by atoms with Crippen molar-refractivity contribution in [2.45, 2.75) is 31.8 Å². The van der Waals surface area contributed by atoms with E-state index < -0.39 is 5.97 Å². The molecule has 2 saturated carbocycles. The molecule has 1 aromatic heterocycles. The number of aromatic nitrogens is 1. The summed E-state index contributed by atoms with van der Waals surface area (Å²) in [5.74, 6) is 0.117. The lowest BCUT2D eigenvalue weighted by Gasteiger charge is -2.19. The average Bonchev–Trinajstić information content (AvgIpc) is 3.05. The van der Waals surface area contributed by atoms with E-state index in [2.05, 4.69) is 10.1 Å². The standard InChI is InChI=1S/C12H15N3O3S/c13-12-14-8(5-19-12)10(11(16)17)15-18-9-4-6-1-2-7(9)3-6/h5-7,9H,1-4H2,(H2,13,14)(H,16,17)/b15-10-. The number of carbonyl (C=O) groups is 1. The van der Waals surface area contributed by atoms with Crippen LogP contribution in [0.15, 0.2) is 10.5 Å². The van der Waals surface area contributed by atoms with Gasteiger partial charge in [-0.15, -0.1) is 11.3 Å². The van der Waals surface area contributed by atoms with E-state index in [4.69, 9.17) is 15.7 Å². The van der Waals surface area contributed by atoms with Crippen molar-refractivity contribution in [3.63, 3.8) is 0 Å². The third-order valence-corrected chi connectivity index (χ3v) is 4.59. The average molecular weight is 281 g/mol. The van der Waals surface area contributed by atoms with Crippen molar-refractivity contribution in [2.75, 3.05) is 5.73 Å². The van der Waals surface area contributed by atoms with Crippen LogP contribution in [0.2, 0.25) is 0 Å². The van der Waals surface area contributed by atoms with Crippen molar-refractivity contribution in [3.05, 3.63) is 11.1 Å². The first-order valence-electron chi connectivity index (χ1n) is 6.32. The number of oxime groups is 1. The van der Waals surface area contributed by atoms with Crippen molar-refractivity contribution >= 4 is 28.1 Å². The summed E-state index contributed by atoms with van der Waals surface area (Å²) in [6.07, 6.45) is 4.66. The van der Waals surface area contributed by atoms with Crippen LogP contribution in [0, 0.1) is 11.8 Å². The van der Waals surface area contributed by atoms with Crippen LogP contribution in [-0.2, 0) is 9.63 Å². The van der Waals surface area contributed by atoms with E-state index in [1.165, 1.54) is 24.2 Å². The van der Waals surface area contributed by atoms with Crippen LogP contribution >= 0.6 is 11.3 Å². The number of hydrogen-bond donors (Lipinski definition) is 2. The molecule has 3 N–H and O–H groups in total. The van der Waals surface area contributed by atoms with Gasteiger partial charge in [-0.3, -0.25) is 0 Å². The first-order chi connectivity index (χ1) is 9.13. The Morgan fingerprint density at radius 2 is 2.37 bits per heavy atom. The minimum absolute atomic E-state index is 0.0593. The normalized spacial score (nSPS) is 29.7. The highest BCUT2D eigenvalue weighted by atomic mass is 32.1. The number of hydrogen-bond acceptors (Lipinski definition) is 6. The van der Waals surface area contributed by atoms with Gasteiger partial charge in [0.2, 0.25) is 5.71 Å². The highest BCUT2D eigenvalue weighted by molar-refractivity contribution is 7.13. The molecule has 6 nitrogen and oxygen atoms in total. The van der Waals surface area contributed by atoms with Gasteiger partial charge >= 0.3 is 5.97 Å². The first-order valence-corrected chi connectivity index (χ1v) is 7.20. The fourth-order valence-electron chi connectivity index (χ4n) is 3.03. The van der Waals surface area contributed by atoms with Crippen LogP contribution in [0.1, 0.15) is 31.4 Å². The van der Waals surface area contributed by atoms with Crippen molar-refractivity contribution < 1.29 is 14.7 Å². The summed E-state index contributed by atoms with van der Waals surface area (Å²) in [4.78, 5) is 20.6. The molecule has 2 aliphatic carbocycles. The number of nitrogens with two attached hydrogens (primary N) is 1. The minimum atomic E-state index is -1.14. The first kappa shape index (κ1) is 12.4. The van der Waals surface area contributed by atoms with Crippen LogP contribution in [0.25, 0.3) is 0 Å². The molecular formula is C12H15N3O3S. The molecule has 0 spiro atoms. The van der Waals surface area contributed by atoms with E-state index in [9.17, 15) is 4.79 Å². The molecule has 3 atom stereocenters. The molecule has 0 saturated heterocycles. The van der Waals surface area contributed by atoms with Crippen LogP contribution in [-0.4, -0.2) is 27.9 Å². The molecule has 19 heavy (non-hydrogen) atoms. The van der Waals surface area contributed by atoms with E-state index in [0.717, 1.165) is 18.8 Å². The Kier molecular flexibility index (Phi) is 3.14. The molecule has 3 rings (SSSR count). The summed E-state index contributed by atoms with van der Waals surface area (Å²) < 4.78 is 0. The summed E-state index contributed by atoms with van der Waals surface area (Å²) in [6.45, 7) is 0. The highest BCUT2D eigenvalue weighted by Crippen LogP contribution is 2.45. The van der Waals surface area contributed by atoms with E-state index in [1.807, 2.05) is 0 Å². The van der Waals surface area contributed by atoms with Gasteiger partial charge in [0.25, 0.3) is 0 Å². The Morgan fingerprint density at radius 1 is 1.53 bits per heavy atom. The highest BCUT2D eigenvalue weighted by Gasteiger charge is 2.41. The largest absolute Gasteiger partial charge is 0.476 e. The molecule has 1 aromatic rings. The maximum atomic E-state index is 11.2. The third-order valence-electron chi connectivity index (χ3n) is 3.92. The zero-order valence-corrected chi connectivity index (χ0v) is 11.1. The molecule has 7 heteroatoms. The molecule has 0 amide bonds. The Morgan fingerprint density at radius 3 is 2.89 bits per heavy atom. The van der Waals surface area contributed by atoms with Crippen molar-refractivity contribution in [1.82, 2.24) is 4.98 Å². The van der Waals surface area contributed by atoms with Gasteiger partial charge in [-0.05, 0) is 37.5 Å². The molecule has 2 bridgehead atoms. The molecule has 2 fully saturated rings. The Hall–Kier alpha value is -1.63. The van der Waals surface area contributed by atoms with E-state index in [-0.39, 0.29) is 17.5 Å². The minimum Gasteiger partial charge on any atom is -0.476 e. The maximum Gasteiger partial charge on any atom is 0.360 e. The van der Waals surface area contributed by atoms with Gasteiger partial charge in [0.05, 0.1) is 0 Å². The number of carboxylic acids is 1. The molecule has 102 valence electrons. The van der Waals surface area contributed by atoms with Crippen LogP contribution in [0.5, 0.6) is 0 Å². The van der Waals surface area contributed by atoms with Gasteiger partial charge in [0, 0.05) is 5.38 Å². The lowest BCUT2D eigenvalue weighted by Crippen LogP contribution is -2.21. The number of nitrogen functional groups attached to an aromatic ring is 1. The van der Waals surface area contributed by atoms with E-state index in [1.54, 1.807) is 5.38 Å². The fourth-order valence-corrected chi connectivity index (χ4v) is 3.58. The lowest BCUT2D eigenvalue weighted by molar-refractivity contribution is -0.129. The molecule has 0 aliphatic heterocycles. The third kappa shape index (κ3) is 2.42. The topological polar surface area (TPSA) is 97.8 Å². The van der Waals surface area contributed by atoms with Gasteiger partial charge < -0.3 is 15.7 Å². The smallest absolute Gasteiger partial charge is 0.360 e. The second-order valence-electron chi connectivity index (χ2n) is 5.13. The summed E-state index contributed by atoms with van der Waals surface area (Å²) in [7, 11) is 0. The lowest BCUT2D eigenvalue weighted by atomic mass is 9.98. The molecule has 2 aliphatic rings. The maximum absolute atomic E-state index is 11.2. The Labute approximate surface area is 114 Å². The predicted molar refractivity (Wildman–Crippen MR) is 71.0 cm³/mol. The SMILES string of the molecule is Nc1nc(/C(=N/OC2CC3CCC2C3)C(=O)O)cs1.